The molecule has 0 unspecified atom stereocenters. The third kappa shape index (κ3) is 7.14. The SMILES string of the molecule is OB(O)c1ccc2oc3ccccc3c2c1.[B].c1ccc(-n2c3ccccc3c3cc([Si](c4ccccc4)(c4ccccc4)c4ccc(-c5ccc6oc7ccccc7c6c5)cc4)ccc32)cc1. The summed E-state index contributed by atoms with van der Waals surface area (Å²) in [6.07, 6.45) is 0. The Kier molecular flexibility index (Phi) is 11.0. The van der Waals surface area contributed by atoms with Crippen LogP contribution >= 0.6 is 0 Å². The van der Waals surface area contributed by atoms with Crippen LogP contribution in [0.15, 0.2) is 251 Å². The highest BCUT2D eigenvalue weighted by atomic mass is 28.3. The summed E-state index contributed by atoms with van der Waals surface area (Å²) >= 11 is 0. The Morgan fingerprint density at radius 2 is 0.794 bits per heavy atom. The molecule has 0 bridgehead atoms. The molecular formula is C60H42B2NO4Si. The Morgan fingerprint density at radius 3 is 1.41 bits per heavy atom. The Balaban J connectivity index is 0.000000252. The van der Waals surface area contributed by atoms with Crippen molar-refractivity contribution in [2.45, 2.75) is 0 Å². The molecule has 0 amide bonds. The maximum atomic E-state index is 9.12. The summed E-state index contributed by atoms with van der Waals surface area (Å²) in [5.74, 6) is 0. The van der Waals surface area contributed by atoms with Crippen LogP contribution in [0.1, 0.15) is 0 Å². The van der Waals surface area contributed by atoms with E-state index in [2.05, 4.69) is 193 Å². The minimum atomic E-state index is -2.79. The number of para-hydroxylation sites is 4. The van der Waals surface area contributed by atoms with E-state index in [-0.39, 0.29) is 8.41 Å². The van der Waals surface area contributed by atoms with Gasteiger partial charge >= 0.3 is 7.12 Å². The summed E-state index contributed by atoms with van der Waals surface area (Å²) in [6.45, 7) is 0. The fraction of sp³-hybridized carbons (Fsp3) is 0. The van der Waals surface area contributed by atoms with Gasteiger partial charge in [0.25, 0.3) is 0 Å². The fourth-order valence-corrected chi connectivity index (χ4v) is 14.9. The second-order valence-corrected chi connectivity index (χ2v) is 20.8. The number of benzene rings is 10. The van der Waals surface area contributed by atoms with E-state index in [0.717, 1.165) is 43.9 Å². The zero-order chi connectivity index (χ0) is 44.9. The normalized spacial score (nSPS) is 11.6. The number of rotatable bonds is 7. The van der Waals surface area contributed by atoms with Gasteiger partial charge in [-0.1, -0.05) is 188 Å². The number of nitrogens with zero attached hydrogens (tertiary/aromatic N) is 1. The van der Waals surface area contributed by atoms with Crippen molar-refractivity contribution in [3.05, 3.63) is 243 Å². The molecule has 13 aromatic rings. The molecule has 68 heavy (non-hydrogen) atoms. The molecule has 0 aliphatic carbocycles. The lowest BCUT2D eigenvalue weighted by Gasteiger charge is -2.34. The predicted molar refractivity (Wildman–Crippen MR) is 286 cm³/mol. The van der Waals surface area contributed by atoms with Crippen LogP contribution in [-0.4, -0.2) is 38.2 Å². The lowest BCUT2D eigenvalue weighted by atomic mass is 9.80. The van der Waals surface area contributed by atoms with E-state index < -0.39 is 15.2 Å². The molecule has 3 heterocycles. The van der Waals surface area contributed by atoms with Crippen molar-refractivity contribution < 1.29 is 18.9 Å². The first-order valence-electron chi connectivity index (χ1n) is 22.5. The second kappa shape index (κ2) is 17.6. The molecule has 13 rings (SSSR count). The summed E-state index contributed by atoms with van der Waals surface area (Å²) in [5.41, 5.74) is 9.85. The monoisotopic (exact) mass is 890 g/mol. The largest absolute Gasteiger partial charge is 0.488 e. The number of furan rings is 2. The molecule has 0 aliphatic rings. The lowest BCUT2D eigenvalue weighted by Crippen LogP contribution is -2.74. The first kappa shape index (κ1) is 42.5. The molecule has 0 saturated heterocycles. The van der Waals surface area contributed by atoms with Gasteiger partial charge in [-0.3, -0.25) is 0 Å². The number of hydrogen-bond donors (Lipinski definition) is 2. The predicted octanol–water partition coefficient (Wildman–Crippen LogP) is 10.6. The molecule has 8 heteroatoms. The van der Waals surface area contributed by atoms with Gasteiger partial charge in [-0.2, -0.15) is 0 Å². The van der Waals surface area contributed by atoms with Gasteiger partial charge in [-0.05, 0) is 91.9 Å². The minimum absolute atomic E-state index is 0. The molecule has 0 atom stereocenters. The molecule has 3 aromatic heterocycles. The van der Waals surface area contributed by atoms with Gasteiger partial charge in [0.1, 0.15) is 22.3 Å². The molecule has 5 nitrogen and oxygen atoms in total. The number of aromatic nitrogens is 1. The molecule has 10 aromatic carbocycles. The van der Waals surface area contributed by atoms with Gasteiger partial charge in [0.05, 0.1) is 11.0 Å². The van der Waals surface area contributed by atoms with E-state index in [1.54, 1.807) is 18.2 Å². The first-order valence-corrected chi connectivity index (χ1v) is 24.5. The number of hydrogen-bond acceptors (Lipinski definition) is 4. The smallest absolute Gasteiger partial charge is 0.456 e. The molecule has 0 saturated carbocycles. The van der Waals surface area contributed by atoms with Gasteiger partial charge < -0.3 is 23.4 Å². The van der Waals surface area contributed by atoms with Crippen molar-refractivity contribution in [2.75, 3.05) is 0 Å². The molecule has 321 valence electrons. The standard InChI is InChI=1S/C48H33NOSi.C12H9BO3.B/c1-4-14-36(15-5-1)49-45-22-12-10-20-41(45)43-33-40(29-30-46(43)49)51(37-16-6-2-7-17-37,38-18-8-3-9-19-38)39-27-24-34(25-28-39)35-26-31-48-44(32-35)42-21-11-13-23-47(42)50-48;14-13(15)8-5-6-12-10(7-8)9-3-1-2-4-11(9)16-12;/h1-33H;1-7,14-15H;. The van der Waals surface area contributed by atoms with Crippen molar-refractivity contribution in [2.24, 2.45) is 0 Å². The molecule has 0 spiro atoms. The van der Waals surface area contributed by atoms with Crippen LogP contribution in [0.3, 0.4) is 0 Å². The second-order valence-electron chi connectivity index (χ2n) is 17.0. The van der Waals surface area contributed by atoms with Gasteiger partial charge in [0.15, 0.2) is 8.07 Å². The van der Waals surface area contributed by atoms with Gasteiger partial charge in [0, 0.05) is 46.4 Å². The van der Waals surface area contributed by atoms with Crippen LogP contribution < -0.4 is 26.2 Å². The van der Waals surface area contributed by atoms with Crippen LogP contribution in [0.2, 0.25) is 0 Å². The zero-order valence-corrected chi connectivity index (χ0v) is 37.9. The highest BCUT2D eigenvalue weighted by Crippen LogP contribution is 2.34. The average Bonchev–Trinajstić information content (AvgIpc) is 4.07. The van der Waals surface area contributed by atoms with Crippen LogP contribution in [0.4, 0.5) is 0 Å². The lowest BCUT2D eigenvalue weighted by molar-refractivity contribution is 0.426. The van der Waals surface area contributed by atoms with E-state index in [4.69, 9.17) is 18.9 Å². The van der Waals surface area contributed by atoms with E-state index >= 15 is 0 Å². The molecular weight excluding hydrogens is 848 g/mol. The van der Waals surface area contributed by atoms with Gasteiger partial charge in [0.2, 0.25) is 0 Å². The van der Waals surface area contributed by atoms with Crippen molar-refractivity contribution in [1.82, 2.24) is 4.57 Å². The summed E-state index contributed by atoms with van der Waals surface area (Å²) in [7, 11) is -4.24. The average molecular weight is 891 g/mol. The molecule has 3 radical (unpaired) electrons. The third-order valence-electron chi connectivity index (χ3n) is 13.3. The van der Waals surface area contributed by atoms with E-state index in [0.29, 0.717) is 5.46 Å². The van der Waals surface area contributed by atoms with Gasteiger partial charge in [-0.15, -0.1) is 0 Å². The summed E-state index contributed by atoms with van der Waals surface area (Å²) in [6, 6.07) is 86.2. The topological polar surface area (TPSA) is 71.7 Å². The van der Waals surface area contributed by atoms with E-state index in [1.807, 2.05) is 36.4 Å². The molecule has 0 fully saturated rings. The minimum Gasteiger partial charge on any atom is -0.456 e. The molecule has 0 aliphatic heterocycles. The summed E-state index contributed by atoms with van der Waals surface area (Å²) in [4.78, 5) is 0. The van der Waals surface area contributed by atoms with Crippen LogP contribution in [0, 0.1) is 0 Å². The maximum Gasteiger partial charge on any atom is 0.488 e. The van der Waals surface area contributed by atoms with Crippen molar-refractivity contribution in [1.29, 1.82) is 0 Å². The van der Waals surface area contributed by atoms with Crippen molar-refractivity contribution in [3.63, 3.8) is 0 Å². The Morgan fingerprint density at radius 1 is 0.338 bits per heavy atom. The van der Waals surface area contributed by atoms with E-state index in [9.17, 15) is 0 Å². The zero-order valence-electron chi connectivity index (χ0n) is 36.9. The highest BCUT2D eigenvalue weighted by Gasteiger charge is 2.41. The summed E-state index contributed by atoms with van der Waals surface area (Å²) < 4.78 is 14.2. The number of fused-ring (bicyclic) bond motifs is 9. The molecule has 2 N–H and O–H groups in total. The Labute approximate surface area is 396 Å². The Bertz CT molecular complexity index is 3860. The Hall–Kier alpha value is -8.13. The van der Waals surface area contributed by atoms with Gasteiger partial charge in [-0.25, -0.2) is 0 Å². The van der Waals surface area contributed by atoms with Crippen LogP contribution in [0.25, 0.3) is 82.5 Å². The highest BCUT2D eigenvalue weighted by molar-refractivity contribution is 7.20. The van der Waals surface area contributed by atoms with Crippen LogP contribution in [-0.2, 0) is 0 Å². The quantitative estimate of drug-likeness (QED) is 0.124. The summed E-state index contributed by atoms with van der Waals surface area (Å²) in [5, 5.41) is 30.4. The van der Waals surface area contributed by atoms with Crippen LogP contribution in [0.5, 0.6) is 0 Å². The maximum absolute atomic E-state index is 9.12. The van der Waals surface area contributed by atoms with Crippen molar-refractivity contribution in [3.8, 4) is 16.8 Å². The van der Waals surface area contributed by atoms with E-state index in [1.165, 1.54) is 59.4 Å². The third-order valence-corrected chi connectivity index (χ3v) is 18.0. The fourth-order valence-electron chi connectivity index (χ4n) is 10.2. The first-order chi connectivity index (χ1) is 33.0. The van der Waals surface area contributed by atoms with Crippen molar-refractivity contribution >= 4 is 115 Å².